The van der Waals surface area contributed by atoms with Crippen LogP contribution >= 0.6 is 0 Å². The van der Waals surface area contributed by atoms with Gasteiger partial charge in [-0.05, 0) is 80.3 Å². The number of aliphatic hydroxyl groups is 1. The van der Waals surface area contributed by atoms with Crippen molar-refractivity contribution in [3.05, 3.63) is 70.6 Å². The Morgan fingerprint density at radius 3 is 2.80 bits per heavy atom. The Morgan fingerprint density at radius 2 is 2.08 bits per heavy atom. The van der Waals surface area contributed by atoms with Crippen LogP contribution in [0.5, 0.6) is 5.75 Å². The van der Waals surface area contributed by atoms with E-state index in [1.807, 2.05) is 25.1 Å². The Hall–Kier alpha value is -3.43. The second kappa shape index (κ2) is 12.8. The summed E-state index contributed by atoms with van der Waals surface area (Å²) < 4.78 is 11.3. The third-order valence-electron chi connectivity index (χ3n) is 7.67. The van der Waals surface area contributed by atoms with Gasteiger partial charge in [-0.2, -0.15) is 0 Å². The van der Waals surface area contributed by atoms with Crippen LogP contribution in [-0.2, 0) is 26.0 Å². The Bertz CT molecular complexity index is 1300. The normalized spacial score (nSPS) is 16.3. The number of nitrogens with zero attached hydrogens (tertiary/aromatic N) is 3. The number of benzene rings is 1. The number of carbonyl (C=O) groups excluding carboxylic acids is 1. The standard InChI is InChI=1S/C31H41N5O4/c1-20(2)11-26-12-24(14-30(35-26)34-25-5-4-6-25)31(38)32-15-27(37)17-36-10-9-22-13-28(8-7-23(22)16-36)39-18-29-21(3)33-19-40-29/h7-8,12-14,19-20,25,27,37H,4-6,9-11,15-18H2,1-3H3,(H,32,38)(H,34,35)/t27-/m0/s1. The average Bonchev–Trinajstić information content (AvgIpc) is 3.32. The molecule has 1 atom stereocenters. The van der Waals surface area contributed by atoms with Crippen LogP contribution in [0.2, 0.25) is 0 Å². The van der Waals surface area contributed by atoms with Crippen LogP contribution in [0.15, 0.2) is 41.1 Å². The van der Waals surface area contributed by atoms with Crippen molar-refractivity contribution in [3.8, 4) is 5.75 Å². The summed E-state index contributed by atoms with van der Waals surface area (Å²) in [5.74, 6) is 2.57. The molecule has 5 rings (SSSR count). The van der Waals surface area contributed by atoms with E-state index in [9.17, 15) is 9.90 Å². The zero-order chi connectivity index (χ0) is 28.1. The number of ether oxygens (including phenoxy) is 1. The molecule has 0 unspecified atom stereocenters. The maximum Gasteiger partial charge on any atom is 0.251 e. The number of oxazole rings is 1. The summed E-state index contributed by atoms with van der Waals surface area (Å²) in [5.41, 5.74) is 4.83. The SMILES string of the molecule is Cc1ncoc1COc1ccc2c(c1)CCN(C[C@@H](O)CNC(=O)c1cc(CC(C)C)nc(NC3CCC3)c1)C2. The summed E-state index contributed by atoms with van der Waals surface area (Å²) in [7, 11) is 0. The lowest BCUT2D eigenvalue weighted by Gasteiger charge is -2.30. The summed E-state index contributed by atoms with van der Waals surface area (Å²) in [6, 6.07) is 10.3. The first-order valence-corrected chi connectivity index (χ1v) is 14.4. The number of carbonyl (C=O) groups is 1. The van der Waals surface area contributed by atoms with Crippen LogP contribution in [0.25, 0.3) is 0 Å². The van der Waals surface area contributed by atoms with E-state index in [1.54, 1.807) is 0 Å². The number of hydrogen-bond acceptors (Lipinski definition) is 8. The molecule has 9 nitrogen and oxygen atoms in total. The minimum Gasteiger partial charge on any atom is -0.486 e. The van der Waals surface area contributed by atoms with Crippen molar-refractivity contribution in [2.24, 2.45) is 5.92 Å². The summed E-state index contributed by atoms with van der Waals surface area (Å²) >= 11 is 0. The topological polar surface area (TPSA) is 113 Å². The first kappa shape index (κ1) is 28.1. The monoisotopic (exact) mass is 547 g/mol. The van der Waals surface area contributed by atoms with Gasteiger partial charge in [-0.1, -0.05) is 19.9 Å². The second-order valence-corrected chi connectivity index (χ2v) is 11.5. The summed E-state index contributed by atoms with van der Waals surface area (Å²) in [6.07, 6.45) is 5.97. The van der Waals surface area contributed by atoms with Crippen molar-refractivity contribution in [1.82, 2.24) is 20.2 Å². The highest BCUT2D eigenvalue weighted by Gasteiger charge is 2.22. The van der Waals surface area contributed by atoms with Crippen LogP contribution in [0.1, 0.15) is 71.7 Å². The Labute approximate surface area is 236 Å². The van der Waals surface area contributed by atoms with Crippen molar-refractivity contribution in [3.63, 3.8) is 0 Å². The molecule has 0 saturated heterocycles. The Balaban J connectivity index is 1.11. The van der Waals surface area contributed by atoms with Crippen LogP contribution in [0, 0.1) is 12.8 Å². The van der Waals surface area contributed by atoms with Crippen molar-refractivity contribution < 1.29 is 19.1 Å². The highest BCUT2D eigenvalue weighted by Crippen LogP contribution is 2.26. The first-order valence-electron chi connectivity index (χ1n) is 14.4. The molecule has 3 N–H and O–H groups in total. The number of aryl methyl sites for hydroxylation is 1. The van der Waals surface area contributed by atoms with Gasteiger partial charge in [0.15, 0.2) is 12.2 Å². The molecule has 214 valence electrons. The van der Waals surface area contributed by atoms with Gasteiger partial charge < -0.3 is 24.9 Å². The number of aromatic nitrogens is 2. The maximum absolute atomic E-state index is 13.0. The molecule has 1 aromatic carbocycles. The van der Waals surface area contributed by atoms with Crippen LogP contribution in [0.4, 0.5) is 5.82 Å². The molecule has 9 heteroatoms. The van der Waals surface area contributed by atoms with E-state index in [2.05, 4.69) is 46.5 Å². The minimum atomic E-state index is -0.664. The molecule has 40 heavy (non-hydrogen) atoms. The van der Waals surface area contributed by atoms with Crippen molar-refractivity contribution in [1.29, 1.82) is 0 Å². The molecule has 0 spiro atoms. The van der Waals surface area contributed by atoms with Gasteiger partial charge in [0.2, 0.25) is 0 Å². The van der Waals surface area contributed by atoms with Crippen molar-refractivity contribution >= 4 is 11.7 Å². The van der Waals surface area contributed by atoms with E-state index in [4.69, 9.17) is 14.1 Å². The molecule has 3 aromatic rings. The number of aliphatic hydroxyl groups excluding tert-OH is 1. The number of fused-ring (bicyclic) bond motifs is 1. The summed E-state index contributed by atoms with van der Waals surface area (Å²) in [6.45, 7) is 8.83. The lowest BCUT2D eigenvalue weighted by Crippen LogP contribution is -2.42. The Kier molecular flexibility index (Phi) is 9.01. The molecule has 1 aliphatic carbocycles. The molecule has 1 amide bonds. The number of pyridine rings is 1. The van der Waals surface area contributed by atoms with Crippen LogP contribution in [-0.4, -0.2) is 57.7 Å². The molecular weight excluding hydrogens is 506 g/mol. The molecule has 0 radical (unpaired) electrons. The predicted octanol–water partition coefficient (Wildman–Crippen LogP) is 4.27. The fraction of sp³-hybridized carbons (Fsp3) is 0.516. The fourth-order valence-electron chi connectivity index (χ4n) is 5.20. The van der Waals surface area contributed by atoms with E-state index < -0.39 is 6.10 Å². The molecule has 3 heterocycles. The smallest absolute Gasteiger partial charge is 0.251 e. The molecule has 1 aliphatic heterocycles. The second-order valence-electron chi connectivity index (χ2n) is 11.5. The van der Waals surface area contributed by atoms with Crippen molar-refractivity contribution in [2.75, 3.05) is 25.0 Å². The van der Waals surface area contributed by atoms with Gasteiger partial charge in [-0.25, -0.2) is 9.97 Å². The van der Waals surface area contributed by atoms with Crippen molar-refractivity contribution in [2.45, 2.75) is 78.2 Å². The van der Waals surface area contributed by atoms with E-state index in [0.717, 1.165) is 67.5 Å². The van der Waals surface area contributed by atoms with E-state index >= 15 is 0 Å². The van der Waals surface area contributed by atoms with Crippen LogP contribution < -0.4 is 15.4 Å². The molecule has 1 saturated carbocycles. The third-order valence-corrected chi connectivity index (χ3v) is 7.67. The highest BCUT2D eigenvalue weighted by atomic mass is 16.5. The van der Waals surface area contributed by atoms with E-state index in [-0.39, 0.29) is 12.5 Å². The van der Waals surface area contributed by atoms with Gasteiger partial charge in [-0.3, -0.25) is 9.69 Å². The molecule has 0 bridgehead atoms. The third kappa shape index (κ3) is 7.40. The lowest BCUT2D eigenvalue weighted by molar-refractivity contribution is 0.0841. The van der Waals surface area contributed by atoms with Crippen LogP contribution in [0.3, 0.4) is 0 Å². The highest BCUT2D eigenvalue weighted by molar-refractivity contribution is 5.95. The summed E-state index contributed by atoms with van der Waals surface area (Å²) in [4.78, 5) is 24.1. The number of anilines is 1. The number of rotatable bonds is 12. The Morgan fingerprint density at radius 1 is 1.23 bits per heavy atom. The fourth-order valence-corrected chi connectivity index (χ4v) is 5.20. The van der Waals surface area contributed by atoms with Gasteiger partial charge >= 0.3 is 0 Å². The lowest BCUT2D eigenvalue weighted by atomic mass is 9.93. The zero-order valence-electron chi connectivity index (χ0n) is 23.8. The number of amides is 1. The van der Waals surface area contributed by atoms with Gasteiger partial charge in [0.05, 0.1) is 11.8 Å². The molecule has 2 aliphatic rings. The quantitative estimate of drug-likeness (QED) is 0.308. The average molecular weight is 548 g/mol. The maximum atomic E-state index is 13.0. The van der Waals surface area contributed by atoms with Gasteiger partial charge in [0, 0.05) is 43.5 Å². The van der Waals surface area contributed by atoms with E-state index in [0.29, 0.717) is 30.7 Å². The van der Waals surface area contributed by atoms with Gasteiger partial charge in [-0.15, -0.1) is 0 Å². The van der Waals surface area contributed by atoms with Gasteiger partial charge in [0.1, 0.15) is 18.2 Å². The number of nitrogens with one attached hydrogen (secondary N) is 2. The molecular formula is C31H41N5O4. The van der Waals surface area contributed by atoms with Gasteiger partial charge in [0.25, 0.3) is 5.91 Å². The molecule has 2 aromatic heterocycles. The summed E-state index contributed by atoms with van der Waals surface area (Å²) in [5, 5.41) is 17.1. The predicted molar refractivity (Wildman–Crippen MR) is 153 cm³/mol. The minimum absolute atomic E-state index is 0.180. The molecule has 1 fully saturated rings. The zero-order valence-corrected chi connectivity index (χ0v) is 23.8. The largest absolute Gasteiger partial charge is 0.486 e. The first-order chi connectivity index (χ1) is 19.3. The number of β-amino-alcohol motifs (C(OH)–C–C–N with tert-alkyl or cyclic N) is 1. The number of hydrogen-bond donors (Lipinski definition) is 3. The van der Waals surface area contributed by atoms with E-state index in [1.165, 1.54) is 23.9 Å².